The quantitative estimate of drug-likeness (QED) is 0.929. The van der Waals surface area contributed by atoms with Crippen molar-refractivity contribution in [1.29, 1.82) is 0 Å². The number of para-hydroxylation sites is 1. The van der Waals surface area contributed by atoms with Crippen LogP contribution in [0, 0.1) is 0 Å². The van der Waals surface area contributed by atoms with E-state index >= 15 is 0 Å². The Balaban J connectivity index is 1.93. The largest absolute Gasteiger partial charge is 0.495 e. The fraction of sp³-hybridized carbons (Fsp3) is 0.188. The van der Waals surface area contributed by atoms with Crippen LogP contribution in [0.1, 0.15) is 5.56 Å². The topological polar surface area (TPSA) is 75.7 Å². The van der Waals surface area contributed by atoms with Gasteiger partial charge >= 0.3 is 0 Å². The number of likely N-dealkylation sites (N-methyl/N-ethyl adjacent to an activating group) is 1. The minimum Gasteiger partial charge on any atom is -0.495 e. The Labute approximate surface area is 134 Å². The van der Waals surface area contributed by atoms with E-state index in [1.54, 1.807) is 48.3 Å². The van der Waals surface area contributed by atoms with Crippen LogP contribution in [0.5, 0.6) is 5.75 Å². The maximum absolute atomic E-state index is 12.5. The van der Waals surface area contributed by atoms with Gasteiger partial charge in [0, 0.05) is 18.4 Å². The van der Waals surface area contributed by atoms with Crippen LogP contribution in [-0.4, -0.2) is 28.5 Å². The highest BCUT2D eigenvalue weighted by atomic mass is 32.2. The van der Waals surface area contributed by atoms with Gasteiger partial charge in [0.05, 0.1) is 13.5 Å². The summed E-state index contributed by atoms with van der Waals surface area (Å²) >= 11 is 0. The van der Waals surface area contributed by atoms with Gasteiger partial charge in [-0.2, -0.15) is 0 Å². The van der Waals surface area contributed by atoms with Crippen molar-refractivity contribution in [3.8, 4) is 5.75 Å². The lowest BCUT2D eigenvalue weighted by Gasteiger charge is -2.13. The third-order valence-electron chi connectivity index (χ3n) is 3.77. The summed E-state index contributed by atoms with van der Waals surface area (Å²) in [4.78, 5) is 13.3. The fourth-order valence-corrected chi connectivity index (χ4v) is 3.81. The number of nitrogens with zero attached hydrogens (tertiary/aromatic N) is 1. The summed E-state index contributed by atoms with van der Waals surface area (Å²) in [6.45, 7) is 0. The molecule has 0 bridgehead atoms. The van der Waals surface area contributed by atoms with Gasteiger partial charge in [0.1, 0.15) is 10.6 Å². The number of carbonyl (C=O) groups is 1. The standard InChI is InChI=1S/C16H16N2O4S/c1-18-13-8-7-12(9-11(13)10-16(18)19)17-23(20,21)15-6-4-3-5-14(15)22-2/h3-9,17H,10H2,1-2H3. The van der Waals surface area contributed by atoms with E-state index in [0.29, 0.717) is 5.69 Å². The number of hydrogen-bond donors (Lipinski definition) is 1. The molecule has 23 heavy (non-hydrogen) atoms. The van der Waals surface area contributed by atoms with E-state index in [4.69, 9.17) is 4.74 Å². The average molecular weight is 332 g/mol. The van der Waals surface area contributed by atoms with Crippen LogP contribution in [0.4, 0.5) is 11.4 Å². The number of sulfonamides is 1. The van der Waals surface area contributed by atoms with Gasteiger partial charge in [0.25, 0.3) is 10.0 Å². The van der Waals surface area contributed by atoms with Gasteiger partial charge in [-0.25, -0.2) is 8.42 Å². The number of ether oxygens (including phenoxy) is 1. The molecule has 0 aromatic heterocycles. The van der Waals surface area contributed by atoms with Crippen molar-refractivity contribution >= 4 is 27.3 Å². The summed E-state index contributed by atoms with van der Waals surface area (Å²) in [6, 6.07) is 11.5. The molecule has 0 saturated heterocycles. The molecule has 0 fully saturated rings. The van der Waals surface area contributed by atoms with Crippen LogP contribution in [0.15, 0.2) is 47.4 Å². The molecule has 3 rings (SSSR count). The molecule has 1 heterocycles. The number of fused-ring (bicyclic) bond motifs is 1. The highest BCUT2D eigenvalue weighted by Crippen LogP contribution is 2.31. The molecular weight excluding hydrogens is 316 g/mol. The van der Waals surface area contributed by atoms with Gasteiger partial charge in [-0.3, -0.25) is 9.52 Å². The van der Waals surface area contributed by atoms with Gasteiger partial charge < -0.3 is 9.64 Å². The molecule has 0 atom stereocenters. The summed E-state index contributed by atoms with van der Waals surface area (Å²) in [5.41, 5.74) is 2.02. The Hall–Kier alpha value is -2.54. The summed E-state index contributed by atoms with van der Waals surface area (Å²) in [5, 5.41) is 0. The average Bonchev–Trinajstić information content (AvgIpc) is 2.81. The Morgan fingerprint density at radius 1 is 1.17 bits per heavy atom. The molecule has 1 aliphatic heterocycles. The van der Waals surface area contributed by atoms with Crippen molar-refractivity contribution in [1.82, 2.24) is 0 Å². The Morgan fingerprint density at radius 3 is 2.65 bits per heavy atom. The second kappa shape index (κ2) is 5.58. The first kappa shape index (κ1) is 15.4. The fourth-order valence-electron chi connectivity index (χ4n) is 2.58. The molecular formula is C16H16N2O4S. The highest BCUT2D eigenvalue weighted by Gasteiger charge is 2.25. The predicted molar refractivity (Wildman–Crippen MR) is 87.4 cm³/mol. The third-order valence-corrected chi connectivity index (χ3v) is 5.19. The normalized spacial score (nSPS) is 13.8. The van der Waals surface area contributed by atoms with Crippen molar-refractivity contribution in [3.63, 3.8) is 0 Å². The van der Waals surface area contributed by atoms with Crippen molar-refractivity contribution < 1.29 is 17.9 Å². The molecule has 1 N–H and O–H groups in total. The second-order valence-corrected chi connectivity index (χ2v) is 6.88. The lowest BCUT2D eigenvalue weighted by Crippen LogP contribution is -2.20. The van der Waals surface area contributed by atoms with Crippen molar-refractivity contribution in [3.05, 3.63) is 48.0 Å². The monoisotopic (exact) mass is 332 g/mol. The SMILES string of the molecule is COc1ccccc1S(=O)(=O)Nc1ccc2c(c1)CC(=O)N2C. The summed E-state index contributed by atoms with van der Waals surface area (Å²) in [7, 11) is -0.651. The summed E-state index contributed by atoms with van der Waals surface area (Å²) in [6.07, 6.45) is 0.274. The first-order valence-corrected chi connectivity index (χ1v) is 8.46. The van der Waals surface area contributed by atoms with E-state index in [0.717, 1.165) is 11.3 Å². The van der Waals surface area contributed by atoms with E-state index in [1.165, 1.54) is 13.2 Å². The first-order chi connectivity index (χ1) is 10.9. The second-order valence-electron chi connectivity index (χ2n) is 5.23. The van der Waals surface area contributed by atoms with Crippen molar-refractivity contribution in [2.45, 2.75) is 11.3 Å². The Bertz CT molecular complexity index is 877. The van der Waals surface area contributed by atoms with Gasteiger partial charge in [-0.15, -0.1) is 0 Å². The summed E-state index contributed by atoms with van der Waals surface area (Å²) < 4.78 is 32.7. The zero-order chi connectivity index (χ0) is 16.6. The molecule has 0 aliphatic carbocycles. The molecule has 0 radical (unpaired) electrons. The number of anilines is 2. The van der Waals surface area contributed by atoms with Crippen LogP contribution >= 0.6 is 0 Å². The first-order valence-electron chi connectivity index (χ1n) is 6.97. The van der Waals surface area contributed by atoms with Crippen LogP contribution in [0.25, 0.3) is 0 Å². The molecule has 1 aliphatic rings. The number of amides is 1. The lowest BCUT2D eigenvalue weighted by atomic mass is 10.1. The molecule has 2 aromatic rings. The van der Waals surface area contributed by atoms with Gasteiger partial charge in [0.2, 0.25) is 5.91 Å². The maximum atomic E-state index is 12.5. The van der Waals surface area contributed by atoms with Crippen molar-refractivity contribution in [2.75, 3.05) is 23.8 Å². The molecule has 0 spiro atoms. The van der Waals surface area contributed by atoms with E-state index in [-0.39, 0.29) is 23.0 Å². The maximum Gasteiger partial charge on any atom is 0.265 e. The third kappa shape index (κ3) is 2.75. The van der Waals surface area contributed by atoms with Gasteiger partial charge in [0.15, 0.2) is 0 Å². The number of methoxy groups -OCH3 is 1. The number of carbonyl (C=O) groups excluding carboxylic acids is 1. The zero-order valence-electron chi connectivity index (χ0n) is 12.7. The number of nitrogens with one attached hydrogen (secondary N) is 1. The van der Waals surface area contributed by atoms with E-state index in [9.17, 15) is 13.2 Å². The minimum atomic E-state index is -3.77. The van der Waals surface area contributed by atoms with E-state index < -0.39 is 10.0 Å². The molecule has 2 aromatic carbocycles. The van der Waals surface area contributed by atoms with Crippen LogP contribution < -0.4 is 14.4 Å². The molecule has 1 amide bonds. The molecule has 0 unspecified atom stereocenters. The molecule has 120 valence electrons. The van der Waals surface area contributed by atoms with Gasteiger partial charge in [-0.1, -0.05) is 12.1 Å². The van der Waals surface area contributed by atoms with Crippen molar-refractivity contribution in [2.24, 2.45) is 0 Å². The van der Waals surface area contributed by atoms with Gasteiger partial charge in [-0.05, 0) is 35.9 Å². The number of rotatable bonds is 4. The van der Waals surface area contributed by atoms with Crippen LogP contribution in [-0.2, 0) is 21.2 Å². The van der Waals surface area contributed by atoms with E-state index in [1.807, 2.05) is 0 Å². The minimum absolute atomic E-state index is 0.00950. The molecule has 7 heteroatoms. The van der Waals surface area contributed by atoms with Crippen LogP contribution in [0.2, 0.25) is 0 Å². The predicted octanol–water partition coefficient (Wildman–Crippen LogP) is 2.01. The van der Waals surface area contributed by atoms with E-state index in [2.05, 4.69) is 4.72 Å². The molecule has 6 nitrogen and oxygen atoms in total. The Kier molecular flexibility index (Phi) is 3.73. The molecule has 0 saturated carbocycles. The summed E-state index contributed by atoms with van der Waals surface area (Å²) in [5.74, 6) is 0.265. The number of hydrogen-bond acceptors (Lipinski definition) is 4. The highest BCUT2D eigenvalue weighted by molar-refractivity contribution is 7.92. The Morgan fingerprint density at radius 2 is 1.91 bits per heavy atom. The lowest BCUT2D eigenvalue weighted by molar-refractivity contribution is -0.117. The zero-order valence-corrected chi connectivity index (χ0v) is 13.6. The number of benzene rings is 2. The smallest absolute Gasteiger partial charge is 0.265 e. The van der Waals surface area contributed by atoms with Crippen LogP contribution in [0.3, 0.4) is 0 Å².